The minimum atomic E-state index is -0.574. The molecule has 0 aliphatic carbocycles. The average molecular weight is 465 g/mol. The summed E-state index contributed by atoms with van der Waals surface area (Å²) in [5.41, 5.74) is 3.73. The second-order valence-electron chi connectivity index (χ2n) is 7.71. The summed E-state index contributed by atoms with van der Waals surface area (Å²) >= 11 is 0. The van der Waals surface area contributed by atoms with E-state index < -0.39 is 11.0 Å². The Morgan fingerprint density at radius 1 is 1.21 bits per heavy atom. The van der Waals surface area contributed by atoms with E-state index in [2.05, 4.69) is 10.1 Å². The van der Waals surface area contributed by atoms with Crippen molar-refractivity contribution in [2.45, 2.75) is 25.5 Å². The van der Waals surface area contributed by atoms with Gasteiger partial charge in [-0.2, -0.15) is 0 Å². The summed E-state index contributed by atoms with van der Waals surface area (Å²) in [5.74, 6) is -0.178. The largest absolute Gasteiger partial charge is 0.400 e. The van der Waals surface area contributed by atoms with Gasteiger partial charge in [-0.05, 0) is 61.4 Å². The Hall–Kier alpha value is -3.88. The fourth-order valence-electron chi connectivity index (χ4n) is 3.68. The molecule has 176 valence electrons. The van der Waals surface area contributed by atoms with Gasteiger partial charge in [0.15, 0.2) is 0 Å². The van der Waals surface area contributed by atoms with Gasteiger partial charge in [-0.25, -0.2) is 4.98 Å². The van der Waals surface area contributed by atoms with Crippen LogP contribution in [0.25, 0.3) is 23.4 Å². The van der Waals surface area contributed by atoms with Gasteiger partial charge in [0.05, 0.1) is 22.4 Å². The smallest absolute Gasteiger partial charge is 0.269 e. The Morgan fingerprint density at radius 3 is 2.56 bits per heavy atom. The SMILES string of the molecule is [2H]C[C@@H]1C[C@@H](O)CN1C(=O)c1ccc(-c2cccc(/C=C/c3ccc([N+](=O)[O-])cc3)n2)cc1.[3H]OC. The van der Waals surface area contributed by atoms with E-state index in [0.717, 1.165) is 22.5 Å². The molecule has 0 spiro atoms. The number of amides is 1. The van der Waals surface area contributed by atoms with Gasteiger partial charge in [0, 0.05) is 44.3 Å². The van der Waals surface area contributed by atoms with Gasteiger partial charge in [0.2, 0.25) is 1.43 Å². The quantitative estimate of drug-likeness (QED) is 0.435. The highest BCUT2D eigenvalue weighted by atomic mass is 16.6. The molecular formula is C26H27N3O5. The topological polar surface area (TPSA) is 117 Å². The Bertz CT molecular complexity index is 1200. The monoisotopic (exact) mass is 464 g/mol. The Morgan fingerprint density at radius 2 is 1.91 bits per heavy atom. The Balaban J connectivity index is 0.00000115. The minimum Gasteiger partial charge on any atom is -0.400 e. The molecule has 1 aliphatic heterocycles. The van der Waals surface area contributed by atoms with Crippen molar-refractivity contribution in [3.63, 3.8) is 0 Å². The van der Waals surface area contributed by atoms with E-state index in [-0.39, 0.29) is 31.1 Å². The van der Waals surface area contributed by atoms with Crippen molar-refractivity contribution >= 4 is 23.7 Å². The fraction of sp³-hybridized carbons (Fsp3) is 0.231. The van der Waals surface area contributed by atoms with Crippen molar-refractivity contribution in [1.82, 2.24) is 9.88 Å². The van der Waals surface area contributed by atoms with Crippen molar-refractivity contribution in [2.75, 3.05) is 13.7 Å². The lowest BCUT2D eigenvalue weighted by molar-refractivity contribution is -0.384. The molecule has 2 heterocycles. The van der Waals surface area contributed by atoms with E-state index in [0.29, 0.717) is 12.0 Å². The van der Waals surface area contributed by atoms with Crippen LogP contribution in [0.5, 0.6) is 0 Å². The number of β-amino-alcohol motifs (C(OH)–C–C–N with tert-alkyl or cyclic N) is 1. The van der Waals surface area contributed by atoms with Crippen LogP contribution in [0.4, 0.5) is 5.69 Å². The molecule has 2 N–H and O–H groups in total. The maximum absolute atomic E-state index is 12.8. The third-order valence-corrected chi connectivity index (χ3v) is 5.40. The lowest BCUT2D eigenvalue weighted by Crippen LogP contribution is -2.34. The van der Waals surface area contributed by atoms with E-state index >= 15 is 0 Å². The van der Waals surface area contributed by atoms with E-state index in [1.807, 2.05) is 42.5 Å². The molecule has 1 saturated heterocycles. The van der Waals surface area contributed by atoms with Crippen molar-refractivity contribution in [3.05, 3.63) is 93.7 Å². The molecule has 0 saturated carbocycles. The second-order valence-corrected chi connectivity index (χ2v) is 7.71. The summed E-state index contributed by atoms with van der Waals surface area (Å²) in [6.07, 6.45) is 3.54. The van der Waals surface area contributed by atoms with E-state index in [9.17, 15) is 20.0 Å². The lowest BCUT2D eigenvalue weighted by Gasteiger charge is -2.21. The summed E-state index contributed by atoms with van der Waals surface area (Å²) in [6.45, 7) is 0.333. The van der Waals surface area contributed by atoms with Crippen LogP contribution in [0.1, 0.15) is 36.3 Å². The Kier molecular flexibility index (Phi) is 7.30. The van der Waals surface area contributed by atoms with Gasteiger partial charge < -0.3 is 15.1 Å². The number of non-ortho nitro benzene ring substituents is 1. The number of aromatic nitrogens is 1. The summed E-state index contributed by atoms with van der Waals surface area (Å²) in [7, 11) is 1.29. The molecule has 1 fully saturated rings. The third-order valence-electron chi connectivity index (χ3n) is 5.40. The number of aliphatic hydroxyl groups excluding tert-OH is 2. The van der Waals surface area contributed by atoms with Crippen LogP contribution in [-0.4, -0.2) is 58.2 Å². The van der Waals surface area contributed by atoms with Crippen LogP contribution < -0.4 is 0 Å². The molecule has 2 aromatic carbocycles. The van der Waals surface area contributed by atoms with Gasteiger partial charge >= 0.3 is 0 Å². The van der Waals surface area contributed by atoms with Gasteiger partial charge in [-0.15, -0.1) is 0 Å². The number of nitro groups is 1. The number of hydrogen-bond donors (Lipinski definition) is 2. The number of aliphatic hydroxyl groups is 2. The number of hydrogen-bond acceptors (Lipinski definition) is 6. The molecule has 8 heteroatoms. The first-order valence-electron chi connectivity index (χ1n) is 11.8. The van der Waals surface area contributed by atoms with Crippen molar-refractivity contribution in [1.29, 1.82) is 1.43 Å². The van der Waals surface area contributed by atoms with Gasteiger partial charge in [0.25, 0.3) is 11.6 Å². The van der Waals surface area contributed by atoms with Crippen molar-refractivity contribution < 1.29 is 21.3 Å². The normalized spacial score (nSPS) is 18.1. The molecule has 8 nitrogen and oxygen atoms in total. The predicted octanol–water partition coefficient (Wildman–Crippen LogP) is 4.03. The number of likely N-dealkylation sites (tertiary alicyclic amines) is 1. The molecule has 0 bridgehead atoms. The summed E-state index contributed by atoms with van der Waals surface area (Å²) in [6, 6.07) is 18.8. The van der Waals surface area contributed by atoms with Crippen LogP contribution in [0.2, 0.25) is 0 Å². The fourth-order valence-corrected chi connectivity index (χ4v) is 3.68. The van der Waals surface area contributed by atoms with Crippen LogP contribution in [0.3, 0.4) is 0 Å². The summed E-state index contributed by atoms with van der Waals surface area (Å²) in [5, 5.41) is 24.1. The van der Waals surface area contributed by atoms with Gasteiger partial charge in [0.1, 0.15) is 0 Å². The third kappa shape index (κ3) is 5.92. The van der Waals surface area contributed by atoms with Crippen molar-refractivity contribution in [3.8, 4) is 11.3 Å². The Labute approximate surface area is 200 Å². The number of nitro benzene ring substituents is 1. The van der Waals surface area contributed by atoms with E-state index in [4.69, 9.17) is 2.80 Å². The molecule has 1 amide bonds. The summed E-state index contributed by atoms with van der Waals surface area (Å²) in [4.78, 5) is 29.4. The van der Waals surface area contributed by atoms with Crippen LogP contribution in [0, 0.1) is 10.1 Å². The lowest BCUT2D eigenvalue weighted by atomic mass is 10.1. The maximum atomic E-state index is 12.8. The first-order chi connectivity index (χ1) is 17.4. The second kappa shape index (κ2) is 11.3. The molecule has 34 heavy (non-hydrogen) atoms. The average Bonchev–Trinajstić information content (AvgIpc) is 3.28. The van der Waals surface area contributed by atoms with Crippen LogP contribution >= 0.6 is 0 Å². The first-order valence-corrected chi connectivity index (χ1v) is 10.6. The highest BCUT2D eigenvalue weighted by Crippen LogP contribution is 2.23. The van der Waals surface area contributed by atoms with Crippen LogP contribution in [-0.2, 0) is 0 Å². The zero-order valence-electron chi connectivity index (χ0n) is 20.7. The van der Waals surface area contributed by atoms with Gasteiger partial charge in [-0.1, -0.05) is 24.3 Å². The first kappa shape index (κ1) is 21.9. The zero-order chi connectivity index (χ0) is 26.1. The molecule has 1 aliphatic rings. The number of benzene rings is 2. The van der Waals surface area contributed by atoms with Crippen molar-refractivity contribution in [2.24, 2.45) is 0 Å². The summed E-state index contributed by atoms with van der Waals surface area (Å²) < 4.78 is 13.3. The number of pyridine rings is 1. The molecule has 4 rings (SSSR count). The number of carbonyl (C=O) groups excluding carboxylic acids is 1. The molecule has 0 radical (unpaired) electrons. The number of nitrogens with zero attached hydrogens (tertiary/aromatic N) is 3. The van der Waals surface area contributed by atoms with E-state index in [1.54, 1.807) is 29.2 Å². The highest BCUT2D eigenvalue weighted by Gasteiger charge is 2.31. The predicted molar refractivity (Wildman–Crippen MR) is 131 cm³/mol. The molecule has 3 aromatic rings. The van der Waals surface area contributed by atoms with E-state index in [1.165, 1.54) is 19.2 Å². The molecule has 1 aromatic heterocycles. The molecular weight excluding hydrogens is 434 g/mol. The van der Waals surface area contributed by atoms with Crippen LogP contribution in [0.15, 0.2) is 66.7 Å². The molecule has 0 unspecified atom stereocenters. The standard InChI is InChI=1S/C25H23N3O4.CH4O/c1-17-15-23(29)16-27(17)25(30)20-10-8-19(9-11-20)24-4-2-3-21(26-24)12-5-18-6-13-22(14-7-18)28(31)32;1-2/h2-14,17,23,29H,15-16H2,1H3;2H,1H3/b12-5+;/t17-,23-;/m1./s1/i1D;2T. The zero-order valence-corrected chi connectivity index (χ0v) is 18.7. The van der Waals surface area contributed by atoms with Gasteiger partial charge in [-0.3, -0.25) is 14.9 Å². The molecule has 2 atom stereocenters. The number of carbonyl (C=O) groups is 1. The maximum Gasteiger partial charge on any atom is 0.269 e. The highest BCUT2D eigenvalue weighted by molar-refractivity contribution is 5.95. The number of rotatable bonds is 5. The minimum absolute atomic E-state index is 0.0466.